The number of rotatable bonds is 7. The molecule has 5 nitrogen and oxygen atoms in total. The maximum atomic E-state index is 5.55. The highest BCUT2D eigenvalue weighted by molar-refractivity contribution is 7.10. The highest BCUT2D eigenvalue weighted by Crippen LogP contribution is 2.23. The fraction of sp³-hybridized carbons (Fsp3) is 0.467. The highest BCUT2D eigenvalue weighted by Gasteiger charge is 2.11. The third-order valence-electron chi connectivity index (χ3n) is 3.44. The van der Waals surface area contributed by atoms with Crippen molar-refractivity contribution in [2.24, 2.45) is 5.84 Å². The molecule has 0 aliphatic carbocycles. The first-order valence-corrected chi connectivity index (χ1v) is 8.20. The number of thiophene rings is 1. The molecule has 2 heterocycles. The Morgan fingerprint density at radius 3 is 2.67 bits per heavy atom. The number of aromatic nitrogens is 2. The van der Waals surface area contributed by atoms with Gasteiger partial charge < -0.3 is 10.7 Å². The largest absolute Gasteiger partial charge is 0.365 e. The molecule has 0 radical (unpaired) electrons. The predicted molar refractivity (Wildman–Crippen MR) is 89.6 cm³/mol. The van der Waals surface area contributed by atoms with Gasteiger partial charge in [0.2, 0.25) is 0 Å². The Morgan fingerprint density at radius 2 is 2.00 bits per heavy atom. The van der Waals surface area contributed by atoms with Gasteiger partial charge in [0.15, 0.2) is 0 Å². The van der Waals surface area contributed by atoms with Crippen LogP contribution in [0.3, 0.4) is 0 Å². The molecule has 2 aromatic heterocycles. The average Bonchev–Trinajstić information content (AvgIpc) is 2.95. The molecule has 4 N–H and O–H groups in total. The molecule has 0 spiro atoms. The predicted octanol–water partition coefficient (Wildman–Crippen LogP) is 3.26. The van der Waals surface area contributed by atoms with E-state index in [4.69, 9.17) is 5.84 Å². The number of hydrazine groups is 1. The Hall–Kier alpha value is -1.66. The standard InChI is InChI=1S/C15H23N5S/c1-4-6-13-18-14(10(3)15(19-13)20-16)17-9-12-11(5-2)7-8-21-12/h7-8H,4-6,9,16H2,1-3H3,(H2,17,18,19,20). The van der Waals surface area contributed by atoms with Crippen molar-refractivity contribution in [3.05, 3.63) is 33.3 Å². The minimum absolute atomic E-state index is 0.692. The second kappa shape index (κ2) is 7.38. The molecule has 114 valence electrons. The molecule has 0 unspecified atom stereocenters. The van der Waals surface area contributed by atoms with E-state index in [-0.39, 0.29) is 0 Å². The summed E-state index contributed by atoms with van der Waals surface area (Å²) in [6.45, 7) is 7.05. The molecule has 0 aromatic carbocycles. The lowest BCUT2D eigenvalue weighted by atomic mass is 10.2. The van der Waals surface area contributed by atoms with Crippen molar-refractivity contribution in [1.29, 1.82) is 0 Å². The van der Waals surface area contributed by atoms with Crippen molar-refractivity contribution in [2.45, 2.75) is 46.6 Å². The summed E-state index contributed by atoms with van der Waals surface area (Å²) >= 11 is 1.78. The van der Waals surface area contributed by atoms with E-state index < -0.39 is 0 Å². The van der Waals surface area contributed by atoms with Gasteiger partial charge in [0.25, 0.3) is 0 Å². The number of nitrogen functional groups attached to an aromatic ring is 1. The van der Waals surface area contributed by atoms with Gasteiger partial charge in [-0.1, -0.05) is 13.8 Å². The second-order valence-electron chi connectivity index (χ2n) is 4.93. The van der Waals surface area contributed by atoms with Gasteiger partial charge in [-0.25, -0.2) is 15.8 Å². The van der Waals surface area contributed by atoms with E-state index in [2.05, 4.69) is 46.0 Å². The molecule has 0 aliphatic rings. The maximum absolute atomic E-state index is 5.55. The topological polar surface area (TPSA) is 75.9 Å². The summed E-state index contributed by atoms with van der Waals surface area (Å²) in [7, 11) is 0. The first-order chi connectivity index (χ1) is 10.2. The number of nitrogens with two attached hydrogens (primary N) is 1. The normalized spacial score (nSPS) is 10.7. The van der Waals surface area contributed by atoms with E-state index in [0.29, 0.717) is 5.82 Å². The quantitative estimate of drug-likeness (QED) is 0.541. The fourth-order valence-electron chi connectivity index (χ4n) is 2.21. The van der Waals surface area contributed by atoms with Gasteiger partial charge in [-0.3, -0.25) is 0 Å². The minimum Gasteiger partial charge on any atom is -0.365 e. The lowest BCUT2D eigenvalue weighted by molar-refractivity contribution is 0.830. The first kappa shape index (κ1) is 15.7. The van der Waals surface area contributed by atoms with Crippen LogP contribution in [0.1, 0.15) is 42.1 Å². The molecule has 21 heavy (non-hydrogen) atoms. The van der Waals surface area contributed by atoms with Gasteiger partial charge in [-0.15, -0.1) is 11.3 Å². The van der Waals surface area contributed by atoms with Crippen molar-refractivity contribution in [3.63, 3.8) is 0 Å². The Balaban J connectivity index is 2.20. The molecule has 0 bridgehead atoms. The van der Waals surface area contributed by atoms with Gasteiger partial charge in [-0.05, 0) is 36.8 Å². The van der Waals surface area contributed by atoms with Crippen molar-refractivity contribution in [1.82, 2.24) is 9.97 Å². The van der Waals surface area contributed by atoms with E-state index >= 15 is 0 Å². The van der Waals surface area contributed by atoms with Crippen LogP contribution < -0.4 is 16.6 Å². The van der Waals surface area contributed by atoms with Crippen LogP contribution in [0.15, 0.2) is 11.4 Å². The molecule has 2 rings (SSSR count). The number of hydrogen-bond donors (Lipinski definition) is 3. The van der Waals surface area contributed by atoms with E-state index in [1.807, 2.05) is 6.92 Å². The third-order valence-corrected chi connectivity index (χ3v) is 4.40. The van der Waals surface area contributed by atoms with Crippen LogP contribution in [0.2, 0.25) is 0 Å². The molecule has 0 aliphatic heterocycles. The minimum atomic E-state index is 0.692. The van der Waals surface area contributed by atoms with Crippen molar-refractivity contribution in [3.8, 4) is 0 Å². The zero-order valence-corrected chi connectivity index (χ0v) is 13.7. The molecule has 0 fully saturated rings. The van der Waals surface area contributed by atoms with Crippen molar-refractivity contribution < 1.29 is 0 Å². The van der Waals surface area contributed by atoms with Gasteiger partial charge >= 0.3 is 0 Å². The van der Waals surface area contributed by atoms with Crippen LogP contribution in [-0.2, 0) is 19.4 Å². The summed E-state index contributed by atoms with van der Waals surface area (Å²) in [6.07, 6.45) is 2.92. The SMILES string of the molecule is CCCc1nc(NN)c(C)c(NCc2sccc2CC)n1. The number of nitrogens with one attached hydrogen (secondary N) is 2. The van der Waals surface area contributed by atoms with E-state index in [1.165, 1.54) is 10.4 Å². The Morgan fingerprint density at radius 1 is 1.24 bits per heavy atom. The van der Waals surface area contributed by atoms with E-state index in [0.717, 1.165) is 43.0 Å². The van der Waals surface area contributed by atoms with Gasteiger partial charge in [0.05, 0.1) is 6.54 Å². The van der Waals surface area contributed by atoms with Gasteiger partial charge in [-0.2, -0.15) is 0 Å². The van der Waals surface area contributed by atoms with Crippen LogP contribution in [0.25, 0.3) is 0 Å². The number of anilines is 2. The molecule has 6 heteroatoms. The number of nitrogens with zero attached hydrogens (tertiary/aromatic N) is 2. The van der Waals surface area contributed by atoms with Crippen LogP contribution >= 0.6 is 11.3 Å². The molecule has 2 aromatic rings. The smallest absolute Gasteiger partial charge is 0.148 e. The van der Waals surface area contributed by atoms with E-state index in [1.54, 1.807) is 11.3 Å². The Bertz CT molecular complexity index is 594. The third kappa shape index (κ3) is 3.71. The number of hydrogen-bond acceptors (Lipinski definition) is 6. The van der Waals surface area contributed by atoms with Crippen molar-refractivity contribution in [2.75, 3.05) is 10.7 Å². The van der Waals surface area contributed by atoms with Crippen LogP contribution in [0.5, 0.6) is 0 Å². The summed E-state index contributed by atoms with van der Waals surface area (Å²) in [6, 6.07) is 2.18. The van der Waals surface area contributed by atoms with Crippen molar-refractivity contribution >= 4 is 23.0 Å². The Labute approximate surface area is 130 Å². The molecule has 0 atom stereocenters. The molecular weight excluding hydrogens is 282 g/mol. The summed E-state index contributed by atoms with van der Waals surface area (Å²) in [5, 5.41) is 5.56. The van der Waals surface area contributed by atoms with Crippen LogP contribution in [0, 0.1) is 6.92 Å². The summed E-state index contributed by atoms with van der Waals surface area (Å²) in [5.74, 6) is 7.93. The fourth-order valence-corrected chi connectivity index (χ4v) is 3.13. The number of aryl methyl sites for hydroxylation is 2. The van der Waals surface area contributed by atoms with Gasteiger partial charge in [0, 0.05) is 16.9 Å². The maximum Gasteiger partial charge on any atom is 0.148 e. The molecule has 0 saturated carbocycles. The van der Waals surface area contributed by atoms with E-state index in [9.17, 15) is 0 Å². The monoisotopic (exact) mass is 305 g/mol. The summed E-state index contributed by atoms with van der Waals surface area (Å²) in [4.78, 5) is 10.4. The lowest BCUT2D eigenvalue weighted by Crippen LogP contribution is -2.15. The molecule has 0 amide bonds. The summed E-state index contributed by atoms with van der Waals surface area (Å²) < 4.78 is 0. The van der Waals surface area contributed by atoms with Gasteiger partial charge in [0.1, 0.15) is 17.5 Å². The summed E-state index contributed by atoms with van der Waals surface area (Å²) in [5.41, 5.74) is 5.01. The second-order valence-corrected chi connectivity index (χ2v) is 5.93. The highest BCUT2D eigenvalue weighted by atomic mass is 32.1. The van der Waals surface area contributed by atoms with Crippen LogP contribution in [0.4, 0.5) is 11.6 Å². The Kier molecular flexibility index (Phi) is 5.52. The lowest BCUT2D eigenvalue weighted by Gasteiger charge is -2.13. The average molecular weight is 305 g/mol. The zero-order valence-electron chi connectivity index (χ0n) is 12.9. The zero-order chi connectivity index (χ0) is 15.2. The van der Waals surface area contributed by atoms with Crippen LogP contribution in [-0.4, -0.2) is 9.97 Å². The molecule has 0 saturated heterocycles. The first-order valence-electron chi connectivity index (χ1n) is 7.32. The molecular formula is C15H23N5S.